The molecule has 3 aromatic carbocycles. The van der Waals surface area contributed by atoms with Gasteiger partial charge >= 0.3 is 5.97 Å². The maximum Gasteiger partial charge on any atom is 0.306 e. The minimum Gasteiger partial charge on any atom is -0.507 e. The number of esters is 1. The van der Waals surface area contributed by atoms with Crippen molar-refractivity contribution in [2.24, 2.45) is 0 Å². The second kappa shape index (κ2) is 10.1. The van der Waals surface area contributed by atoms with E-state index in [1.807, 2.05) is 0 Å². The zero-order valence-electron chi connectivity index (χ0n) is 20.5. The molecule has 5 N–H and O–H groups in total. The normalized spacial score (nSPS) is 11.8. The van der Waals surface area contributed by atoms with Crippen molar-refractivity contribution in [2.75, 3.05) is 21.3 Å². The Hall–Kier alpha value is -5.06. The minimum atomic E-state index is -1.04. The first kappa shape index (κ1) is 26.0. The van der Waals surface area contributed by atoms with Crippen LogP contribution in [0.2, 0.25) is 0 Å². The SMILES string of the molecule is COC(=O)C[C@H](c1ccc(OC)cc1OC)c1c(O)cc(O)c2c(=O)c(O)c(-c3ccc(O)c(O)c3)oc12. The van der Waals surface area contributed by atoms with Crippen molar-refractivity contribution in [1.29, 1.82) is 0 Å². The van der Waals surface area contributed by atoms with E-state index in [0.29, 0.717) is 11.3 Å². The van der Waals surface area contributed by atoms with Crippen molar-refractivity contribution < 1.29 is 49.0 Å². The van der Waals surface area contributed by atoms with E-state index in [2.05, 4.69) is 0 Å². The lowest BCUT2D eigenvalue weighted by atomic mass is 9.85. The summed E-state index contributed by atoms with van der Waals surface area (Å²) in [5, 5.41) is 51.3. The number of phenols is 4. The van der Waals surface area contributed by atoms with Crippen LogP contribution >= 0.6 is 0 Å². The molecule has 0 bridgehead atoms. The number of aromatic hydroxyl groups is 5. The summed E-state index contributed by atoms with van der Waals surface area (Å²) in [6, 6.07) is 9.12. The van der Waals surface area contributed by atoms with Gasteiger partial charge in [0.1, 0.15) is 34.0 Å². The van der Waals surface area contributed by atoms with Gasteiger partial charge in [-0.2, -0.15) is 0 Å². The van der Waals surface area contributed by atoms with Gasteiger partial charge in [0.2, 0.25) is 11.2 Å². The van der Waals surface area contributed by atoms with E-state index in [-0.39, 0.29) is 28.9 Å². The van der Waals surface area contributed by atoms with E-state index >= 15 is 0 Å². The summed E-state index contributed by atoms with van der Waals surface area (Å²) in [4.78, 5) is 25.7. The van der Waals surface area contributed by atoms with Gasteiger partial charge in [-0.1, -0.05) is 6.07 Å². The first-order chi connectivity index (χ1) is 18.1. The van der Waals surface area contributed by atoms with Gasteiger partial charge in [0.25, 0.3) is 0 Å². The predicted molar refractivity (Wildman–Crippen MR) is 134 cm³/mol. The van der Waals surface area contributed by atoms with Crippen molar-refractivity contribution in [3.8, 4) is 51.6 Å². The van der Waals surface area contributed by atoms with E-state index in [1.165, 1.54) is 27.4 Å². The van der Waals surface area contributed by atoms with Gasteiger partial charge in [-0.25, -0.2) is 0 Å². The molecule has 0 spiro atoms. The molecule has 0 aliphatic rings. The number of phenolic OH excluding ortho intramolecular Hbond substituents is 4. The van der Waals surface area contributed by atoms with Gasteiger partial charge in [0.05, 0.1) is 27.8 Å². The topological polar surface area (TPSA) is 176 Å². The third-order valence-electron chi connectivity index (χ3n) is 6.14. The van der Waals surface area contributed by atoms with Gasteiger partial charge in [0.15, 0.2) is 17.3 Å². The molecule has 1 atom stereocenters. The van der Waals surface area contributed by atoms with Crippen molar-refractivity contribution >= 4 is 16.9 Å². The average Bonchev–Trinajstić information content (AvgIpc) is 2.90. The Balaban J connectivity index is 2.10. The molecule has 0 saturated heterocycles. The highest BCUT2D eigenvalue weighted by molar-refractivity contribution is 5.92. The Morgan fingerprint density at radius 1 is 0.868 bits per heavy atom. The smallest absolute Gasteiger partial charge is 0.306 e. The molecule has 0 aliphatic heterocycles. The molecule has 0 unspecified atom stereocenters. The van der Waals surface area contributed by atoms with Crippen molar-refractivity contribution in [3.63, 3.8) is 0 Å². The molecule has 1 aromatic heterocycles. The highest BCUT2D eigenvalue weighted by Gasteiger charge is 2.31. The molecule has 11 nitrogen and oxygen atoms in total. The van der Waals surface area contributed by atoms with Gasteiger partial charge in [-0.05, 0) is 24.3 Å². The molecule has 0 radical (unpaired) electrons. The maximum atomic E-state index is 13.2. The lowest BCUT2D eigenvalue weighted by Crippen LogP contribution is -2.13. The molecular weight excluding hydrogens is 500 g/mol. The third kappa shape index (κ3) is 4.45. The molecule has 0 saturated carbocycles. The summed E-state index contributed by atoms with van der Waals surface area (Å²) in [6.07, 6.45) is -0.341. The van der Waals surface area contributed by atoms with Crippen molar-refractivity contribution in [3.05, 3.63) is 63.8 Å². The lowest BCUT2D eigenvalue weighted by Gasteiger charge is -2.22. The lowest BCUT2D eigenvalue weighted by molar-refractivity contribution is -0.140. The Bertz CT molecular complexity index is 1600. The zero-order valence-corrected chi connectivity index (χ0v) is 20.5. The predicted octanol–water partition coefficient (Wildman–Crippen LogP) is 3.70. The van der Waals surface area contributed by atoms with Crippen LogP contribution in [0.3, 0.4) is 0 Å². The van der Waals surface area contributed by atoms with Gasteiger partial charge < -0.3 is 44.2 Å². The Labute approximate surface area is 215 Å². The maximum absolute atomic E-state index is 13.2. The standard InChI is InChI=1S/C27H24O11/c1-35-13-5-6-14(20(9-13)36-2)15(10-21(32)37-3)22-18(30)11-19(31)23-24(33)25(34)26(38-27(22)23)12-4-7-16(28)17(29)8-12/h4-9,11,15,28-31,34H,10H2,1-3H3/t15-/m1/s1. The molecule has 198 valence electrons. The van der Waals surface area contributed by atoms with Crippen LogP contribution < -0.4 is 14.9 Å². The van der Waals surface area contributed by atoms with Crippen LogP contribution in [-0.2, 0) is 9.53 Å². The Kier molecular flexibility index (Phi) is 6.94. The van der Waals surface area contributed by atoms with Crippen LogP contribution in [0.15, 0.2) is 51.7 Å². The average molecular weight is 524 g/mol. The second-order valence-electron chi connectivity index (χ2n) is 8.29. The summed E-state index contributed by atoms with van der Waals surface area (Å²) in [5.41, 5.74) is -1.04. The fraction of sp³-hybridized carbons (Fsp3) is 0.185. The first-order valence-corrected chi connectivity index (χ1v) is 11.2. The van der Waals surface area contributed by atoms with E-state index in [4.69, 9.17) is 18.6 Å². The summed E-state index contributed by atoms with van der Waals surface area (Å²) >= 11 is 0. The highest BCUT2D eigenvalue weighted by Crippen LogP contribution is 2.47. The van der Waals surface area contributed by atoms with Crippen LogP contribution in [0.1, 0.15) is 23.5 Å². The highest BCUT2D eigenvalue weighted by atomic mass is 16.5. The summed E-state index contributed by atoms with van der Waals surface area (Å²) in [5.74, 6) is -4.45. The van der Waals surface area contributed by atoms with Gasteiger partial charge in [0, 0.05) is 34.7 Å². The fourth-order valence-corrected chi connectivity index (χ4v) is 4.27. The van der Waals surface area contributed by atoms with E-state index in [1.54, 1.807) is 18.2 Å². The van der Waals surface area contributed by atoms with Gasteiger partial charge in [-0.15, -0.1) is 0 Å². The molecule has 0 amide bonds. The molecule has 4 aromatic rings. The van der Waals surface area contributed by atoms with Crippen LogP contribution in [-0.4, -0.2) is 52.8 Å². The van der Waals surface area contributed by atoms with Crippen LogP contribution in [0, 0.1) is 0 Å². The number of benzene rings is 3. The number of rotatable bonds is 7. The van der Waals surface area contributed by atoms with Crippen molar-refractivity contribution in [1.82, 2.24) is 0 Å². The largest absolute Gasteiger partial charge is 0.507 e. The summed E-state index contributed by atoms with van der Waals surface area (Å²) in [7, 11) is 4.05. The number of methoxy groups -OCH3 is 3. The number of ether oxygens (including phenoxy) is 3. The van der Waals surface area contributed by atoms with Crippen LogP contribution in [0.25, 0.3) is 22.3 Å². The Morgan fingerprint density at radius 2 is 1.61 bits per heavy atom. The zero-order chi connectivity index (χ0) is 27.7. The second-order valence-corrected chi connectivity index (χ2v) is 8.29. The molecule has 0 fully saturated rings. The fourth-order valence-electron chi connectivity index (χ4n) is 4.27. The summed E-state index contributed by atoms with van der Waals surface area (Å²) in [6.45, 7) is 0. The van der Waals surface area contributed by atoms with Gasteiger partial charge in [-0.3, -0.25) is 9.59 Å². The van der Waals surface area contributed by atoms with E-state index < -0.39 is 57.2 Å². The minimum absolute atomic E-state index is 0.0112. The number of hydrogen-bond acceptors (Lipinski definition) is 11. The van der Waals surface area contributed by atoms with E-state index in [0.717, 1.165) is 18.2 Å². The molecule has 0 aliphatic carbocycles. The molecule has 4 rings (SSSR count). The number of hydrogen-bond donors (Lipinski definition) is 5. The first-order valence-electron chi connectivity index (χ1n) is 11.2. The number of carbonyl (C=O) groups is 1. The number of fused-ring (bicyclic) bond motifs is 1. The molecular formula is C27H24O11. The molecule has 1 heterocycles. The molecule has 38 heavy (non-hydrogen) atoms. The third-order valence-corrected chi connectivity index (χ3v) is 6.14. The van der Waals surface area contributed by atoms with Crippen molar-refractivity contribution in [2.45, 2.75) is 12.3 Å². The van der Waals surface area contributed by atoms with E-state index in [9.17, 15) is 35.1 Å². The Morgan fingerprint density at radius 3 is 2.24 bits per heavy atom. The van der Waals surface area contributed by atoms with Crippen LogP contribution in [0.4, 0.5) is 0 Å². The quantitative estimate of drug-likeness (QED) is 0.176. The summed E-state index contributed by atoms with van der Waals surface area (Å²) < 4.78 is 21.5. The monoisotopic (exact) mass is 524 g/mol. The molecule has 11 heteroatoms. The van der Waals surface area contributed by atoms with Crippen LogP contribution in [0.5, 0.6) is 40.2 Å². The number of carbonyl (C=O) groups excluding carboxylic acids is 1.